The molecule has 7 nitrogen and oxygen atoms in total. The van der Waals surface area contributed by atoms with Gasteiger partial charge in [0.15, 0.2) is 0 Å². The number of halogens is 1. The number of hydrogen-bond donors (Lipinski definition) is 3. The molecule has 1 aliphatic carbocycles. The Morgan fingerprint density at radius 3 is 2.44 bits per heavy atom. The largest absolute Gasteiger partial charge is 0.507 e. The summed E-state index contributed by atoms with van der Waals surface area (Å²) in [5.74, 6) is -0.0409. The molecule has 0 bridgehead atoms. The van der Waals surface area contributed by atoms with Crippen molar-refractivity contribution in [3.63, 3.8) is 0 Å². The number of phenolic OH excluding ortho intramolecular Hbond substituents is 1. The number of aromatic nitrogens is 2. The van der Waals surface area contributed by atoms with E-state index >= 15 is 0 Å². The topological polar surface area (TPSA) is 96.3 Å². The number of nitrogens with one attached hydrogen (secondary N) is 2. The van der Waals surface area contributed by atoms with Crippen molar-refractivity contribution in [1.82, 2.24) is 15.1 Å². The minimum absolute atomic E-state index is 0.00607. The molecule has 2 amide bonds. The lowest BCUT2D eigenvalue weighted by Crippen LogP contribution is -2.30. The normalized spacial score (nSPS) is 12.8. The second kappa shape index (κ2) is 9.87. The Kier molecular flexibility index (Phi) is 6.48. The van der Waals surface area contributed by atoms with Gasteiger partial charge in [-0.2, -0.15) is 9.78 Å². The molecular formula is C28H25ClN4O3. The van der Waals surface area contributed by atoms with Crippen LogP contribution in [0, 0.1) is 6.92 Å². The third kappa shape index (κ3) is 5.26. The zero-order valence-corrected chi connectivity index (χ0v) is 20.4. The first-order valence-electron chi connectivity index (χ1n) is 11.7. The molecule has 4 aromatic rings. The molecule has 1 fully saturated rings. The number of nitrogens with zero attached hydrogens (tertiary/aromatic N) is 2. The van der Waals surface area contributed by atoms with Crippen molar-refractivity contribution in [2.45, 2.75) is 32.2 Å². The molecule has 182 valence electrons. The van der Waals surface area contributed by atoms with Crippen LogP contribution in [0.5, 0.6) is 5.75 Å². The summed E-state index contributed by atoms with van der Waals surface area (Å²) in [6.45, 7) is 2.40. The van der Waals surface area contributed by atoms with Crippen molar-refractivity contribution in [3.05, 3.63) is 100 Å². The van der Waals surface area contributed by atoms with Gasteiger partial charge < -0.3 is 15.7 Å². The van der Waals surface area contributed by atoms with Crippen molar-refractivity contribution in [2.24, 2.45) is 0 Å². The van der Waals surface area contributed by atoms with Crippen LogP contribution in [-0.4, -0.2) is 26.8 Å². The van der Waals surface area contributed by atoms with Crippen LogP contribution in [0.2, 0.25) is 5.02 Å². The monoisotopic (exact) mass is 500 g/mol. The highest BCUT2D eigenvalue weighted by molar-refractivity contribution is 6.30. The van der Waals surface area contributed by atoms with Gasteiger partial charge in [0.25, 0.3) is 5.91 Å². The van der Waals surface area contributed by atoms with Crippen LogP contribution >= 0.6 is 11.6 Å². The van der Waals surface area contributed by atoms with E-state index in [2.05, 4.69) is 15.7 Å². The molecule has 36 heavy (non-hydrogen) atoms. The number of benzene rings is 3. The van der Waals surface area contributed by atoms with Crippen LogP contribution < -0.4 is 10.6 Å². The van der Waals surface area contributed by atoms with Crippen LogP contribution in [0.4, 0.5) is 10.5 Å². The average molecular weight is 501 g/mol. The number of aryl methyl sites for hydroxylation is 1. The Morgan fingerprint density at radius 2 is 1.75 bits per heavy atom. The van der Waals surface area contributed by atoms with E-state index in [0.29, 0.717) is 34.1 Å². The summed E-state index contributed by atoms with van der Waals surface area (Å²) in [5, 5.41) is 21.4. The summed E-state index contributed by atoms with van der Waals surface area (Å²) >= 11 is 5.91. The van der Waals surface area contributed by atoms with Crippen LogP contribution in [0.1, 0.15) is 45.9 Å². The van der Waals surface area contributed by atoms with Crippen LogP contribution in [0.3, 0.4) is 0 Å². The van der Waals surface area contributed by atoms with Gasteiger partial charge in [-0.05, 0) is 73.9 Å². The lowest BCUT2D eigenvalue weighted by atomic mass is 10.1. The number of amides is 2. The molecule has 3 N–H and O–H groups in total. The Bertz CT molecular complexity index is 1420. The molecular weight excluding hydrogens is 476 g/mol. The fraction of sp³-hybridized carbons (Fsp3) is 0.179. The van der Waals surface area contributed by atoms with Gasteiger partial charge in [-0.1, -0.05) is 41.4 Å². The maximum absolute atomic E-state index is 13.0. The maximum atomic E-state index is 13.0. The molecule has 0 aliphatic heterocycles. The average Bonchev–Trinajstić information content (AvgIpc) is 3.63. The van der Waals surface area contributed by atoms with E-state index < -0.39 is 0 Å². The number of rotatable bonds is 6. The van der Waals surface area contributed by atoms with E-state index in [0.717, 1.165) is 29.7 Å². The van der Waals surface area contributed by atoms with Gasteiger partial charge in [-0.3, -0.25) is 4.79 Å². The minimum Gasteiger partial charge on any atom is -0.507 e. The molecule has 1 saturated carbocycles. The van der Waals surface area contributed by atoms with Crippen molar-refractivity contribution < 1.29 is 14.7 Å². The summed E-state index contributed by atoms with van der Waals surface area (Å²) in [4.78, 5) is 25.6. The van der Waals surface area contributed by atoms with Gasteiger partial charge in [0.2, 0.25) is 0 Å². The fourth-order valence-corrected chi connectivity index (χ4v) is 4.07. The smallest absolute Gasteiger partial charge is 0.342 e. The SMILES string of the molecule is Cc1ccc(CNC(=O)n2nc(-c3cc(NC(=O)c4ccc(Cl)cc4)ccc3O)cc2C2CC2)cc1. The first kappa shape index (κ1) is 23.6. The summed E-state index contributed by atoms with van der Waals surface area (Å²) in [5.41, 5.74) is 4.80. The van der Waals surface area contributed by atoms with E-state index in [1.165, 1.54) is 10.7 Å². The number of anilines is 1. The highest BCUT2D eigenvalue weighted by Crippen LogP contribution is 2.42. The highest BCUT2D eigenvalue weighted by atomic mass is 35.5. The number of aromatic hydroxyl groups is 1. The second-order valence-electron chi connectivity index (χ2n) is 8.98. The van der Waals surface area contributed by atoms with E-state index in [9.17, 15) is 14.7 Å². The van der Waals surface area contributed by atoms with Crippen molar-refractivity contribution in [2.75, 3.05) is 5.32 Å². The predicted molar refractivity (Wildman–Crippen MR) is 140 cm³/mol. The first-order valence-corrected chi connectivity index (χ1v) is 12.1. The maximum Gasteiger partial charge on any atom is 0.342 e. The summed E-state index contributed by atoms with van der Waals surface area (Å²) in [6.07, 6.45) is 1.97. The zero-order chi connectivity index (χ0) is 25.2. The third-order valence-corrected chi connectivity index (χ3v) is 6.38. The Labute approximate surface area is 213 Å². The van der Waals surface area contributed by atoms with E-state index in [-0.39, 0.29) is 23.6 Å². The summed E-state index contributed by atoms with van der Waals surface area (Å²) in [6, 6.07) is 20.8. The van der Waals surface area contributed by atoms with Gasteiger partial charge >= 0.3 is 6.03 Å². The number of phenols is 1. The third-order valence-electron chi connectivity index (χ3n) is 6.13. The number of carbonyl (C=O) groups excluding carboxylic acids is 2. The molecule has 1 heterocycles. The van der Waals surface area contributed by atoms with Gasteiger partial charge in [-0.25, -0.2) is 4.79 Å². The molecule has 0 radical (unpaired) electrons. The molecule has 0 spiro atoms. The Morgan fingerprint density at radius 1 is 1.03 bits per heavy atom. The van der Waals surface area contributed by atoms with Crippen molar-refractivity contribution in [1.29, 1.82) is 0 Å². The summed E-state index contributed by atoms with van der Waals surface area (Å²) in [7, 11) is 0. The molecule has 5 rings (SSSR count). The summed E-state index contributed by atoms with van der Waals surface area (Å²) < 4.78 is 1.39. The highest BCUT2D eigenvalue weighted by Gasteiger charge is 2.30. The first-order chi connectivity index (χ1) is 17.4. The Hall–Kier alpha value is -4.10. The molecule has 8 heteroatoms. The minimum atomic E-state index is -0.324. The van der Waals surface area contributed by atoms with Gasteiger partial charge in [0.1, 0.15) is 5.75 Å². The molecule has 3 aromatic carbocycles. The number of hydrogen-bond acceptors (Lipinski definition) is 4. The van der Waals surface area contributed by atoms with Crippen LogP contribution in [0.25, 0.3) is 11.3 Å². The molecule has 1 aliphatic rings. The van der Waals surface area contributed by atoms with E-state index in [1.807, 2.05) is 37.3 Å². The van der Waals surface area contributed by atoms with Gasteiger partial charge in [-0.15, -0.1) is 0 Å². The van der Waals surface area contributed by atoms with Gasteiger partial charge in [0.05, 0.1) is 11.4 Å². The van der Waals surface area contributed by atoms with Gasteiger partial charge in [0, 0.05) is 34.3 Å². The molecule has 0 atom stereocenters. The van der Waals surface area contributed by atoms with E-state index in [4.69, 9.17) is 11.6 Å². The molecule has 0 saturated heterocycles. The molecule has 1 aromatic heterocycles. The number of carbonyl (C=O) groups is 2. The van der Waals surface area contributed by atoms with E-state index in [1.54, 1.807) is 36.4 Å². The standard InChI is InChI=1S/C28H25ClN4O3/c1-17-2-4-18(5-3-17)16-30-28(36)33-25(19-6-7-19)15-24(32-33)23-14-22(12-13-26(23)34)31-27(35)20-8-10-21(29)11-9-20/h2-5,8-15,19,34H,6-7,16H2,1H3,(H,30,36)(H,31,35). The molecule has 0 unspecified atom stereocenters. The Balaban J connectivity index is 1.37. The quantitative estimate of drug-likeness (QED) is 0.278. The van der Waals surface area contributed by atoms with Crippen LogP contribution in [-0.2, 0) is 6.54 Å². The lowest BCUT2D eigenvalue weighted by Gasteiger charge is -2.09. The lowest BCUT2D eigenvalue weighted by molar-refractivity contribution is 0.102. The fourth-order valence-electron chi connectivity index (χ4n) is 3.94. The van der Waals surface area contributed by atoms with Crippen molar-refractivity contribution >= 4 is 29.2 Å². The predicted octanol–water partition coefficient (Wildman–Crippen LogP) is 6.11. The van der Waals surface area contributed by atoms with Crippen molar-refractivity contribution in [3.8, 4) is 17.0 Å². The zero-order valence-electron chi connectivity index (χ0n) is 19.7. The second-order valence-corrected chi connectivity index (χ2v) is 9.41. The van der Waals surface area contributed by atoms with Crippen LogP contribution in [0.15, 0.2) is 72.8 Å².